The Morgan fingerprint density at radius 2 is 1.69 bits per heavy atom. The van der Waals surface area contributed by atoms with Crippen LogP contribution in [0.25, 0.3) is 0 Å². The number of sulfonamides is 1. The molecule has 0 aliphatic rings. The van der Waals surface area contributed by atoms with Gasteiger partial charge in [-0.3, -0.25) is 9.10 Å². The van der Waals surface area contributed by atoms with Crippen LogP contribution in [0.5, 0.6) is 11.5 Å². The van der Waals surface area contributed by atoms with Gasteiger partial charge in [-0.15, -0.1) is 0 Å². The smallest absolute Gasteiger partial charge is 0.264 e. The van der Waals surface area contributed by atoms with E-state index in [1.165, 1.54) is 43.5 Å². The molecule has 0 aliphatic carbocycles. The van der Waals surface area contributed by atoms with Crippen LogP contribution < -0.4 is 19.1 Å². The van der Waals surface area contributed by atoms with E-state index in [4.69, 9.17) is 9.47 Å². The maximum Gasteiger partial charge on any atom is 0.264 e. The number of hydrogen-bond acceptors (Lipinski definition) is 5. The van der Waals surface area contributed by atoms with Crippen molar-refractivity contribution in [1.29, 1.82) is 0 Å². The number of nitrogens with one attached hydrogen (secondary N) is 1. The number of ether oxygens (including phenoxy) is 2. The molecule has 0 aromatic heterocycles. The van der Waals surface area contributed by atoms with Crippen LogP contribution in [0.2, 0.25) is 0 Å². The fraction of sp³-hybridized carbons (Fsp3) is 0.269. The van der Waals surface area contributed by atoms with Crippen LogP contribution in [0.3, 0.4) is 0 Å². The molecule has 3 aromatic rings. The molecule has 0 heterocycles. The molecule has 3 aromatic carbocycles. The molecular formula is C26H29FN2O5S. The minimum Gasteiger partial charge on any atom is -0.497 e. The summed E-state index contributed by atoms with van der Waals surface area (Å²) in [6, 6.07) is 18.5. The molecule has 35 heavy (non-hydrogen) atoms. The summed E-state index contributed by atoms with van der Waals surface area (Å²) in [5, 5.41) is 2.78. The lowest BCUT2D eigenvalue weighted by atomic mass is 10.1. The second-order valence-corrected chi connectivity index (χ2v) is 9.52. The number of nitrogens with zero attached hydrogens (tertiary/aromatic N) is 1. The highest BCUT2D eigenvalue weighted by Crippen LogP contribution is 2.25. The van der Waals surface area contributed by atoms with Crippen LogP contribution in [-0.2, 0) is 21.2 Å². The molecule has 0 bridgehead atoms. The van der Waals surface area contributed by atoms with Crippen LogP contribution in [0.4, 0.5) is 10.1 Å². The Hall–Kier alpha value is -3.59. The van der Waals surface area contributed by atoms with Crippen molar-refractivity contribution in [3.05, 3.63) is 84.2 Å². The van der Waals surface area contributed by atoms with Gasteiger partial charge in [0.05, 0.1) is 24.3 Å². The van der Waals surface area contributed by atoms with Gasteiger partial charge in [-0.2, -0.15) is 0 Å². The molecule has 0 saturated heterocycles. The Morgan fingerprint density at radius 1 is 1.00 bits per heavy atom. The Morgan fingerprint density at radius 3 is 2.34 bits per heavy atom. The number of carbonyl (C=O) groups is 1. The van der Waals surface area contributed by atoms with Gasteiger partial charge in [0.1, 0.15) is 23.9 Å². The Labute approximate surface area is 205 Å². The molecule has 0 saturated carbocycles. The molecule has 7 nitrogen and oxygen atoms in total. The second kappa shape index (κ2) is 12.2. The predicted octanol–water partition coefficient (Wildman–Crippen LogP) is 4.18. The molecule has 3 rings (SSSR count). The van der Waals surface area contributed by atoms with Crippen LogP contribution in [0.1, 0.15) is 18.9 Å². The van der Waals surface area contributed by atoms with Crippen molar-refractivity contribution in [2.75, 3.05) is 31.1 Å². The molecule has 0 aliphatic heterocycles. The van der Waals surface area contributed by atoms with Gasteiger partial charge >= 0.3 is 0 Å². The van der Waals surface area contributed by atoms with E-state index in [9.17, 15) is 17.6 Å². The van der Waals surface area contributed by atoms with Crippen molar-refractivity contribution in [3.8, 4) is 11.5 Å². The molecule has 1 N–H and O–H groups in total. The normalized spacial score (nSPS) is 11.1. The number of anilines is 1. The average Bonchev–Trinajstić information content (AvgIpc) is 2.87. The van der Waals surface area contributed by atoms with Crippen molar-refractivity contribution >= 4 is 21.6 Å². The molecule has 186 valence electrons. The van der Waals surface area contributed by atoms with E-state index < -0.39 is 28.3 Å². The van der Waals surface area contributed by atoms with Crippen LogP contribution in [-0.4, -0.2) is 41.1 Å². The standard InChI is InChI=1S/C26H29FN2O5S/c1-3-34-25-9-5-4-7-20(25)8-6-18-28-26(30)19-29(22-12-10-21(27)11-13-22)35(31,32)24-16-14-23(33-2)15-17-24/h4-5,7,9-17H,3,6,8,18-19H2,1-2H3,(H,28,30). The molecule has 9 heteroatoms. The van der Waals surface area contributed by atoms with E-state index in [1.807, 2.05) is 31.2 Å². The SMILES string of the molecule is CCOc1ccccc1CCCNC(=O)CN(c1ccc(F)cc1)S(=O)(=O)c1ccc(OC)cc1. The van der Waals surface area contributed by atoms with Gasteiger partial charge in [0.2, 0.25) is 5.91 Å². The third-order valence-electron chi connectivity index (χ3n) is 5.27. The molecular weight excluding hydrogens is 471 g/mol. The monoisotopic (exact) mass is 500 g/mol. The van der Waals surface area contributed by atoms with Gasteiger partial charge in [-0.05, 0) is 79.9 Å². The molecule has 0 unspecified atom stereocenters. The number of para-hydroxylation sites is 1. The number of hydrogen-bond donors (Lipinski definition) is 1. The third kappa shape index (κ3) is 6.95. The molecule has 0 spiro atoms. The number of amides is 1. The number of benzene rings is 3. The average molecular weight is 501 g/mol. The first-order valence-corrected chi connectivity index (χ1v) is 12.7. The zero-order valence-corrected chi connectivity index (χ0v) is 20.6. The first kappa shape index (κ1) is 26.0. The van der Waals surface area contributed by atoms with Crippen molar-refractivity contribution in [2.45, 2.75) is 24.7 Å². The van der Waals surface area contributed by atoms with E-state index in [-0.39, 0.29) is 10.6 Å². The lowest BCUT2D eigenvalue weighted by molar-refractivity contribution is -0.119. The number of methoxy groups -OCH3 is 1. The zero-order chi connectivity index (χ0) is 25.3. The van der Waals surface area contributed by atoms with Crippen molar-refractivity contribution in [2.24, 2.45) is 0 Å². The minimum absolute atomic E-state index is 0.0112. The zero-order valence-electron chi connectivity index (χ0n) is 19.7. The van der Waals surface area contributed by atoms with E-state index in [2.05, 4.69) is 5.32 Å². The molecule has 0 radical (unpaired) electrons. The highest BCUT2D eigenvalue weighted by Gasteiger charge is 2.27. The van der Waals surface area contributed by atoms with Crippen LogP contribution >= 0.6 is 0 Å². The Kier molecular flexibility index (Phi) is 9.08. The fourth-order valence-corrected chi connectivity index (χ4v) is 4.92. The number of carbonyl (C=O) groups excluding carboxylic acids is 1. The summed E-state index contributed by atoms with van der Waals surface area (Å²) in [6.07, 6.45) is 1.35. The Balaban J connectivity index is 1.69. The third-order valence-corrected chi connectivity index (χ3v) is 7.05. The van der Waals surface area contributed by atoms with Crippen molar-refractivity contribution in [3.63, 3.8) is 0 Å². The van der Waals surface area contributed by atoms with Crippen LogP contribution in [0.15, 0.2) is 77.7 Å². The summed E-state index contributed by atoms with van der Waals surface area (Å²) in [5.41, 5.74) is 1.22. The predicted molar refractivity (Wildman–Crippen MR) is 133 cm³/mol. The van der Waals surface area contributed by atoms with Gasteiger partial charge < -0.3 is 14.8 Å². The van der Waals surface area contributed by atoms with E-state index in [1.54, 1.807) is 0 Å². The largest absolute Gasteiger partial charge is 0.497 e. The second-order valence-electron chi connectivity index (χ2n) is 7.66. The van der Waals surface area contributed by atoms with Crippen molar-refractivity contribution < 1.29 is 27.1 Å². The number of rotatable bonds is 12. The lowest BCUT2D eigenvalue weighted by Gasteiger charge is -2.24. The fourth-order valence-electron chi connectivity index (χ4n) is 3.50. The van der Waals surface area contributed by atoms with Gasteiger partial charge in [0.15, 0.2) is 0 Å². The van der Waals surface area contributed by atoms with Gasteiger partial charge in [-0.25, -0.2) is 12.8 Å². The topological polar surface area (TPSA) is 84.9 Å². The minimum atomic E-state index is -4.09. The molecule has 0 fully saturated rings. The number of halogens is 1. The Bertz CT molecular complexity index is 1220. The highest BCUT2D eigenvalue weighted by atomic mass is 32.2. The molecule has 0 atom stereocenters. The highest BCUT2D eigenvalue weighted by molar-refractivity contribution is 7.92. The quantitative estimate of drug-likeness (QED) is 0.377. The first-order chi connectivity index (χ1) is 16.8. The van der Waals surface area contributed by atoms with E-state index >= 15 is 0 Å². The van der Waals surface area contributed by atoms with E-state index in [0.29, 0.717) is 31.7 Å². The summed E-state index contributed by atoms with van der Waals surface area (Å²) >= 11 is 0. The van der Waals surface area contributed by atoms with E-state index in [0.717, 1.165) is 27.8 Å². The lowest BCUT2D eigenvalue weighted by Crippen LogP contribution is -2.41. The first-order valence-electron chi connectivity index (χ1n) is 11.2. The summed E-state index contributed by atoms with van der Waals surface area (Å²) in [6.45, 7) is 2.40. The maximum absolute atomic E-state index is 13.5. The van der Waals surface area contributed by atoms with Crippen LogP contribution in [0, 0.1) is 5.82 Å². The van der Waals surface area contributed by atoms with Crippen molar-refractivity contribution in [1.82, 2.24) is 5.32 Å². The van der Waals surface area contributed by atoms with Gasteiger partial charge in [-0.1, -0.05) is 18.2 Å². The summed E-state index contributed by atoms with van der Waals surface area (Å²) < 4.78 is 51.9. The maximum atomic E-state index is 13.5. The summed E-state index contributed by atoms with van der Waals surface area (Å²) in [5.74, 6) is 0.340. The summed E-state index contributed by atoms with van der Waals surface area (Å²) in [4.78, 5) is 12.7. The molecule has 1 amide bonds. The van der Waals surface area contributed by atoms with Gasteiger partial charge in [0, 0.05) is 6.54 Å². The number of aryl methyl sites for hydroxylation is 1. The summed E-state index contributed by atoms with van der Waals surface area (Å²) in [7, 11) is -2.61. The van der Waals surface area contributed by atoms with Gasteiger partial charge in [0.25, 0.3) is 10.0 Å².